The molecule has 0 heterocycles. The van der Waals surface area contributed by atoms with Gasteiger partial charge in [-0.25, -0.2) is 4.79 Å². The van der Waals surface area contributed by atoms with Gasteiger partial charge in [0.05, 0.1) is 17.7 Å². The first-order valence-electron chi connectivity index (χ1n) is 5.96. The van der Waals surface area contributed by atoms with Crippen molar-refractivity contribution < 1.29 is 14.6 Å². The lowest BCUT2D eigenvalue weighted by Gasteiger charge is -2.08. The van der Waals surface area contributed by atoms with Crippen LogP contribution in [-0.4, -0.2) is 18.2 Å². The smallest absolute Gasteiger partial charge is 0.336 e. The number of ether oxygens (including phenoxy) is 1. The van der Waals surface area contributed by atoms with Crippen molar-refractivity contribution in [2.45, 2.75) is 0 Å². The van der Waals surface area contributed by atoms with Crippen molar-refractivity contribution in [1.29, 1.82) is 0 Å². The maximum absolute atomic E-state index is 11.5. The zero-order chi connectivity index (χ0) is 14.5. The Balaban J connectivity index is 2.59. The predicted octanol–water partition coefficient (Wildman–Crippen LogP) is 3.97. The summed E-state index contributed by atoms with van der Waals surface area (Å²) in [5.74, 6) is -0.481. The van der Waals surface area contributed by atoms with Crippen molar-refractivity contribution in [1.82, 2.24) is 0 Å². The van der Waals surface area contributed by atoms with Crippen molar-refractivity contribution >= 4 is 29.2 Å². The molecule has 2 aromatic carbocycles. The van der Waals surface area contributed by atoms with E-state index in [2.05, 4.69) is 0 Å². The first-order valence-corrected chi connectivity index (χ1v) is 6.34. The zero-order valence-electron chi connectivity index (χ0n) is 10.8. The summed E-state index contributed by atoms with van der Waals surface area (Å²) in [5.41, 5.74) is 1.33. The third-order valence-corrected chi connectivity index (χ3v) is 3.17. The van der Waals surface area contributed by atoms with Gasteiger partial charge >= 0.3 is 5.97 Å². The Morgan fingerprint density at radius 3 is 2.45 bits per heavy atom. The number of rotatable bonds is 4. The lowest BCUT2D eigenvalue weighted by atomic mass is 10.0. The average Bonchev–Trinajstić information content (AvgIpc) is 2.46. The third-order valence-electron chi connectivity index (χ3n) is 2.84. The first kappa shape index (κ1) is 14.2. The molecular formula is C16H13ClO3. The number of aliphatic carboxylic acids is 1. The van der Waals surface area contributed by atoms with Crippen LogP contribution in [0.3, 0.4) is 0 Å². The number of hydrogen-bond acceptors (Lipinski definition) is 2. The van der Waals surface area contributed by atoms with Gasteiger partial charge in [0.1, 0.15) is 5.75 Å². The molecule has 4 heteroatoms. The van der Waals surface area contributed by atoms with E-state index in [4.69, 9.17) is 16.3 Å². The van der Waals surface area contributed by atoms with E-state index < -0.39 is 5.97 Å². The van der Waals surface area contributed by atoms with Gasteiger partial charge in [-0.05, 0) is 23.8 Å². The number of carboxylic acid groups (broad SMARTS) is 1. The zero-order valence-corrected chi connectivity index (χ0v) is 11.6. The molecule has 2 aromatic rings. The highest BCUT2D eigenvalue weighted by molar-refractivity contribution is 6.33. The molecule has 0 fully saturated rings. The maximum atomic E-state index is 11.5. The Kier molecular flexibility index (Phi) is 4.43. The van der Waals surface area contributed by atoms with Gasteiger partial charge in [0.25, 0.3) is 0 Å². The fraction of sp³-hybridized carbons (Fsp3) is 0.0625. The molecule has 3 nitrogen and oxygen atoms in total. The molecule has 0 saturated heterocycles. The second-order valence-corrected chi connectivity index (χ2v) is 4.49. The Hall–Kier alpha value is -2.26. The van der Waals surface area contributed by atoms with Gasteiger partial charge in [-0.15, -0.1) is 0 Å². The van der Waals surface area contributed by atoms with Crippen LogP contribution in [0.25, 0.3) is 11.6 Å². The molecule has 0 bridgehead atoms. The molecule has 0 amide bonds. The van der Waals surface area contributed by atoms with Crippen LogP contribution < -0.4 is 4.74 Å². The van der Waals surface area contributed by atoms with Crippen molar-refractivity contribution in [3.63, 3.8) is 0 Å². The van der Waals surface area contributed by atoms with Crippen LogP contribution in [0.1, 0.15) is 11.1 Å². The molecule has 0 aliphatic heterocycles. The second kappa shape index (κ2) is 6.26. The summed E-state index contributed by atoms with van der Waals surface area (Å²) >= 11 is 6.13. The van der Waals surface area contributed by atoms with Gasteiger partial charge in [0, 0.05) is 5.56 Å². The third kappa shape index (κ3) is 3.00. The lowest BCUT2D eigenvalue weighted by Crippen LogP contribution is -2.00. The fourth-order valence-electron chi connectivity index (χ4n) is 1.87. The summed E-state index contributed by atoms with van der Waals surface area (Å²) in [4.78, 5) is 11.5. The molecule has 0 aromatic heterocycles. The highest BCUT2D eigenvalue weighted by atomic mass is 35.5. The van der Waals surface area contributed by atoms with Gasteiger partial charge in [-0.3, -0.25) is 0 Å². The van der Waals surface area contributed by atoms with E-state index in [-0.39, 0.29) is 5.57 Å². The van der Waals surface area contributed by atoms with Gasteiger partial charge in [0.15, 0.2) is 0 Å². The molecule has 0 spiro atoms. The van der Waals surface area contributed by atoms with E-state index in [0.717, 1.165) is 0 Å². The van der Waals surface area contributed by atoms with Crippen molar-refractivity contribution in [3.8, 4) is 5.75 Å². The van der Waals surface area contributed by atoms with Crippen LogP contribution >= 0.6 is 11.6 Å². The molecule has 1 N–H and O–H groups in total. The van der Waals surface area contributed by atoms with Gasteiger partial charge in [0.2, 0.25) is 0 Å². The number of carboxylic acids is 1. The van der Waals surface area contributed by atoms with E-state index in [9.17, 15) is 9.90 Å². The highest BCUT2D eigenvalue weighted by Gasteiger charge is 2.13. The molecule has 20 heavy (non-hydrogen) atoms. The van der Waals surface area contributed by atoms with Gasteiger partial charge in [-0.1, -0.05) is 48.0 Å². The number of hydrogen-bond donors (Lipinski definition) is 1. The van der Waals surface area contributed by atoms with Crippen LogP contribution in [-0.2, 0) is 4.79 Å². The van der Waals surface area contributed by atoms with Crippen molar-refractivity contribution in [2.75, 3.05) is 7.11 Å². The minimum absolute atomic E-state index is 0.164. The van der Waals surface area contributed by atoms with E-state index in [1.165, 1.54) is 13.2 Å². The van der Waals surface area contributed by atoms with Crippen LogP contribution in [0, 0.1) is 0 Å². The van der Waals surface area contributed by atoms with Crippen LogP contribution in [0.2, 0.25) is 5.02 Å². The lowest BCUT2D eigenvalue weighted by molar-refractivity contribution is -0.130. The van der Waals surface area contributed by atoms with Crippen molar-refractivity contribution in [2.24, 2.45) is 0 Å². The quantitative estimate of drug-likeness (QED) is 0.684. The molecule has 0 saturated carbocycles. The number of halogens is 1. The van der Waals surface area contributed by atoms with E-state index in [1.54, 1.807) is 42.5 Å². The minimum atomic E-state index is -1.02. The number of methoxy groups -OCH3 is 1. The molecular weight excluding hydrogens is 276 g/mol. The highest BCUT2D eigenvalue weighted by Crippen LogP contribution is 2.30. The summed E-state index contributed by atoms with van der Waals surface area (Å²) in [6, 6.07) is 14.1. The van der Waals surface area contributed by atoms with E-state index >= 15 is 0 Å². The summed E-state index contributed by atoms with van der Waals surface area (Å²) in [6.45, 7) is 0. The standard InChI is InChI=1S/C16H13ClO3/c1-20-15-9-5-8-14(17)13(15)10-12(16(18)19)11-6-3-2-4-7-11/h2-10H,1H3,(H,18,19)/b12-10+. The predicted molar refractivity (Wildman–Crippen MR) is 80.0 cm³/mol. The normalized spacial score (nSPS) is 11.2. The Morgan fingerprint density at radius 1 is 1.15 bits per heavy atom. The van der Waals surface area contributed by atoms with Crippen LogP contribution in [0.15, 0.2) is 48.5 Å². The summed E-state index contributed by atoms with van der Waals surface area (Å²) in [5, 5.41) is 9.83. The molecule has 2 rings (SSSR count). The Labute approximate surface area is 122 Å². The fourth-order valence-corrected chi connectivity index (χ4v) is 2.09. The molecule has 0 aliphatic carbocycles. The minimum Gasteiger partial charge on any atom is -0.496 e. The molecule has 0 unspecified atom stereocenters. The summed E-state index contributed by atoms with van der Waals surface area (Å²) < 4.78 is 5.22. The van der Waals surface area contributed by atoms with E-state index in [0.29, 0.717) is 21.9 Å². The largest absolute Gasteiger partial charge is 0.496 e. The molecule has 0 aliphatic rings. The molecule has 0 atom stereocenters. The monoisotopic (exact) mass is 288 g/mol. The maximum Gasteiger partial charge on any atom is 0.336 e. The summed E-state index contributed by atoms with van der Waals surface area (Å²) in [7, 11) is 1.52. The Bertz CT molecular complexity index is 648. The topological polar surface area (TPSA) is 46.5 Å². The van der Waals surface area contributed by atoms with E-state index in [1.807, 2.05) is 6.07 Å². The van der Waals surface area contributed by atoms with Crippen LogP contribution in [0.4, 0.5) is 0 Å². The van der Waals surface area contributed by atoms with Crippen LogP contribution in [0.5, 0.6) is 5.75 Å². The first-order chi connectivity index (χ1) is 9.63. The van der Waals surface area contributed by atoms with Gasteiger partial charge in [-0.2, -0.15) is 0 Å². The van der Waals surface area contributed by atoms with Gasteiger partial charge < -0.3 is 9.84 Å². The SMILES string of the molecule is COc1cccc(Cl)c1/C=C(/C(=O)O)c1ccccc1. The molecule has 0 radical (unpaired) electrons. The summed E-state index contributed by atoms with van der Waals surface area (Å²) in [6.07, 6.45) is 1.53. The average molecular weight is 289 g/mol. The number of benzene rings is 2. The molecule has 102 valence electrons. The Morgan fingerprint density at radius 2 is 1.85 bits per heavy atom. The second-order valence-electron chi connectivity index (χ2n) is 4.08. The van der Waals surface area contributed by atoms with Crippen molar-refractivity contribution in [3.05, 3.63) is 64.7 Å². The number of carbonyl (C=O) groups is 1.